The number of hydrogen-bond acceptors (Lipinski definition) is 0. The molecular formula is C13H26S. The van der Waals surface area contributed by atoms with Crippen molar-refractivity contribution in [2.45, 2.75) is 69.5 Å². The zero-order valence-electron chi connectivity index (χ0n) is 9.76. The minimum Gasteiger partial charge on any atom is -0.193 e. The van der Waals surface area contributed by atoms with Crippen molar-refractivity contribution < 1.29 is 0 Å². The Balaban J connectivity index is 2.31. The molecule has 0 saturated heterocycles. The van der Waals surface area contributed by atoms with E-state index in [2.05, 4.69) is 12.1 Å². The average Bonchev–Trinajstić information content (AvgIpc) is 2.21. The zero-order valence-corrected chi connectivity index (χ0v) is 10.6. The Labute approximate surface area is 92.4 Å². The molecule has 0 aliphatic heterocycles. The van der Waals surface area contributed by atoms with E-state index in [1.54, 1.807) is 0 Å². The van der Waals surface area contributed by atoms with Gasteiger partial charge < -0.3 is 0 Å². The molecule has 0 nitrogen and oxygen atoms in total. The highest BCUT2D eigenvalue weighted by molar-refractivity contribution is 8.14. The van der Waals surface area contributed by atoms with Crippen LogP contribution in [0.5, 0.6) is 0 Å². The first-order chi connectivity index (χ1) is 6.80. The van der Waals surface area contributed by atoms with Crippen LogP contribution in [0.2, 0.25) is 0 Å². The summed E-state index contributed by atoms with van der Waals surface area (Å²) < 4.78 is 0. The molecule has 1 heteroatoms. The van der Waals surface area contributed by atoms with Crippen LogP contribution in [0.15, 0.2) is 0 Å². The predicted molar refractivity (Wildman–Crippen MR) is 70.6 cm³/mol. The maximum Gasteiger partial charge on any atom is -0.00107 e. The molecule has 1 saturated carbocycles. The first-order valence-corrected chi connectivity index (χ1v) is 8.11. The first-order valence-electron chi connectivity index (χ1n) is 6.25. The molecule has 1 aliphatic carbocycles. The second kappa shape index (κ2) is 7.50. The van der Waals surface area contributed by atoms with E-state index in [9.17, 15) is 0 Å². The lowest BCUT2D eigenvalue weighted by atomic mass is 10.1. The van der Waals surface area contributed by atoms with E-state index in [1.807, 2.05) is 0 Å². The molecule has 0 aromatic heterocycles. The van der Waals surface area contributed by atoms with Crippen molar-refractivity contribution >= 4 is 16.4 Å². The Hall–Kier alpha value is 0.220. The fourth-order valence-electron chi connectivity index (χ4n) is 2.35. The Morgan fingerprint density at radius 1 is 0.786 bits per heavy atom. The molecule has 84 valence electrons. The summed E-state index contributed by atoms with van der Waals surface area (Å²) in [5.74, 6) is 4.24. The largest absolute Gasteiger partial charge is 0.193 e. The van der Waals surface area contributed by atoms with E-state index >= 15 is 0 Å². The highest BCUT2D eigenvalue weighted by atomic mass is 32.2. The van der Waals surface area contributed by atoms with Crippen LogP contribution in [0, 0.1) is 0 Å². The molecule has 0 aromatic rings. The third kappa shape index (κ3) is 5.19. The molecule has 0 amide bonds. The van der Waals surface area contributed by atoms with Crippen molar-refractivity contribution in [3.8, 4) is 0 Å². The van der Waals surface area contributed by atoms with Crippen molar-refractivity contribution in [1.82, 2.24) is 0 Å². The van der Waals surface area contributed by atoms with Gasteiger partial charge in [-0.05, 0) is 24.3 Å². The van der Waals surface area contributed by atoms with Gasteiger partial charge in [0.2, 0.25) is 0 Å². The van der Waals surface area contributed by atoms with Gasteiger partial charge >= 0.3 is 0 Å². The van der Waals surface area contributed by atoms with Crippen LogP contribution in [-0.4, -0.2) is 17.4 Å². The van der Waals surface area contributed by atoms with E-state index in [1.165, 1.54) is 64.2 Å². The number of rotatable bonds is 1. The topological polar surface area (TPSA) is 0 Å². The molecule has 0 radical (unpaired) electrons. The van der Waals surface area contributed by atoms with Gasteiger partial charge in [-0.2, -0.15) is 10.5 Å². The van der Waals surface area contributed by atoms with Gasteiger partial charge in [-0.1, -0.05) is 57.2 Å². The highest BCUT2D eigenvalue weighted by Gasteiger charge is 2.09. The Morgan fingerprint density at radius 3 is 1.50 bits per heavy atom. The molecule has 14 heavy (non-hydrogen) atoms. The van der Waals surface area contributed by atoms with Gasteiger partial charge in [-0.15, -0.1) is 0 Å². The van der Waals surface area contributed by atoms with Crippen LogP contribution >= 0.6 is 10.5 Å². The van der Waals surface area contributed by atoms with Crippen LogP contribution in [-0.2, 0) is 0 Å². The highest BCUT2D eigenvalue weighted by Crippen LogP contribution is 2.27. The van der Waals surface area contributed by atoms with Crippen LogP contribution in [0.25, 0.3) is 0 Å². The van der Waals surface area contributed by atoms with E-state index in [0.717, 1.165) is 5.25 Å². The average molecular weight is 214 g/mol. The molecule has 0 N–H and O–H groups in total. The molecule has 0 bridgehead atoms. The SMILES string of the molecule is C=S(C)C1CCCCCCCCCC1. The maximum atomic E-state index is 4.24. The smallest absolute Gasteiger partial charge is 0.00107 e. The Bertz CT molecular complexity index is 151. The zero-order chi connectivity index (χ0) is 10.2. The summed E-state index contributed by atoms with van der Waals surface area (Å²) >= 11 is 0. The van der Waals surface area contributed by atoms with Gasteiger partial charge in [0.05, 0.1) is 0 Å². The van der Waals surface area contributed by atoms with Crippen molar-refractivity contribution in [3.05, 3.63) is 0 Å². The molecule has 0 aromatic carbocycles. The maximum absolute atomic E-state index is 4.24. The molecule has 1 atom stereocenters. The van der Waals surface area contributed by atoms with Gasteiger partial charge in [0, 0.05) is 0 Å². The summed E-state index contributed by atoms with van der Waals surface area (Å²) in [4.78, 5) is 0. The standard InChI is InChI=1S/C13H26S/c1-14(2)13-11-9-7-5-3-4-6-8-10-12-13/h13H,1,3-12H2,2H3. The lowest BCUT2D eigenvalue weighted by molar-refractivity contribution is 0.585. The van der Waals surface area contributed by atoms with Gasteiger partial charge in [0.15, 0.2) is 0 Å². The molecule has 1 fully saturated rings. The summed E-state index contributed by atoms with van der Waals surface area (Å²) in [6.45, 7) is 0. The summed E-state index contributed by atoms with van der Waals surface area (Å²) in [6, 6.07) is 0. The third-order valence-corrected chi connectivity index (χ3v) is 4.98. The van der Waals surface area contributed by atoms with Gasteiger partial charge in [0.1, 0.15) is 0 Å². The van der Waals surface area contributed by atoms with Gasteiger partial charge in [0.25, 0.3) is 0 Å². The summed E-state index contributed by atoms with van der Waals surface area (Å²) in [7, 11) is 0.410. The second-order valence-corrected chi connectivity index (χ2v) is 6.77. The van der Waals surface area contributed by atoms with E-state index in [4.69, 9.17) is 0 Å². The van der Waals surface area contributed by atoms with Crippen molar-refractivity contribution in [2.24, 2.45) is 0 Å². The lowest BCUT2D eigenvalue weighted by Crippen LogP contribution is -2.04. The lowest BCUT2D eigenvalue weighted by Gasteiger charge is -2.17. The molecule has 1 aliphatic rings. The Morgan fingerprint density at radius 2 is 1.14 bits per heavy atom. The van der Waals surface area contributed by atoms with E-state index < -0.39 is 0 Å². The van der Waals surface area contributed by atoms with Crippen LogP contribution in [0.4, 0.5) is 0 Å². The molecule has 0 heterocycles. The second-order valence-electron chi connectivity index (χ2n) is 4.72. The summed E-state index contributed by atoms with van der Waals surface area (Å²) in [6.07, 6.45) is 17.0. The molecule has 1 rings (SSSR count). The summed E-state index contributed by atoms with van der Waals surface area (Å²) in [5, 5.41) is 0.938. The molecular weight excluding hydrogens is 188 g/mol. The minimum atomic E-state index is 0.410. The van der Waals surface area contributed by atoms with Crippen molar-refractivity contribution in [2.75, 3.05) is 6.26 Å². The third-order valence-electron chi connectivity index (χ3n) is 3.37. The fraction of sp³-hybridized carbons (Fsp3) is 0.923. The monoisotopic (exact) mass is 214 g/mol. The normalized spacial score (nSPS) is 25.2. The van der Waals surface area contributed by atoms with Gasteiger partial charge in [-0.25, -0.2) is 0 Å². The fourth-order valence-corrected chi connectivity index (χ4v) is 3.49. The van der Waals surface area contributed by atoms with Crippen molar-refractivity contribution in [3.63, 3.8) is 0 Å². The molecule has 1 unspecified atom stereocenters. The predicted octanol–water partition coefficient (Wildman–Crippen LogP) is 4.60. The van der Waals surface area contributed by atoms with E-state index in [0.29, 0.717) is 10.5 Å². The van der Waals surface area contributed by atoms with Crippen LogP contribution in [0.3, 0.4) is 0 Å². The van der Waals surface area contributed by atoms with Crippen molar-refractivity contribution in [1.29, 1.82) is 0 Å². The summed E-state index contributed by atoms with van der Waals surface area (Å²) in [5.41, 5.74) is 0. The van der Waals surface area contributed by atoms with Crippen LogP contribution in [0.1, 0.15) is 64.2 Å². The van der Waals surface area contributed by atoms with Crippen LogP contribution < -0.4 is 0 Å². The van der Waals surface area contributed by atoms with Gasteiger partial charge in [-0.3, -0.25) is 0 Å². The molecule has 0 spiro atoms. The quantitative estimate of drug-likeness (QED) is 0.560. The Kier molecular flexibility index (Phi) is 6.59. The first kappa shape index (κ1) is 12.3. The van der Waals surface area contributed by atoms with E-state index in [-0.39, 0.29) is 0 Å². The minimum absolute atomic E-state index is 0.410. The number of hydrogen-bond donors (Lipinski definition) is 0.